The molecule has 1 aromatic carbocycles. The molecule has 0 saturated heterocycles. The molecule has 124 valence electrons. The summed E-state index contributed by atoms with van der Waals surface area (Å²) in [6, 6.07) is 4.26. The van der Waals surface area contributed by atoms with Gasteiger partial charge in [-0.1, -0.05) is 0 Å². The van der Waals surface area contributed by atoms with Crippen LogP contribution in [0.4, 0.5) is 0 Å². The predicted molar refractivity (Wildman–Crippen MR) is 87.1 cm³/mol. The molecule has 1 amide bonds. The third kappa shape index (κ3) is 4.81. The summed E-state index contributed by atoms with van der Waals surface area (Å²) >= 11 is 1.27. The van der Waals surface area contributed by atoms with Gasteiger partial charge >= 0.3 is 0 Å². The van der Waals surface area contributed by atoms with Crippen LogP contribution in [0.5, 0.6) is 11.5 Å². The molecule has 22 heavy (non-hydrogen) atoms. The molecule has 1 atom stereocenters. The van der Waals surface area contributed by atoms with Gasteiger partial charge in [0.25, 0.3) is 10.0 Å². The van der Waals surface area contributed by atoms with E-state index in [-0.39, 0.29) is 4.90 Å². The van der Waals surface area contributed by atoms with Crippen LogP contribution >= 0.6 is 11.8 Å². The maximum atomic E-state index is 12.3. The van der Waals surface area contributed by atoms with Gasteiger partial charge in [0.1, 0.15) is 0 Å². The number of rotatable bonds is 8. The van der Waals surface area contributed by atoms with Gasteiger partial charge in [0.05, 0.1) is 23.4 Å². The molecule has 0 aliphatic rings. The van der Waals surface area contributed by atoms with Crippen LogP contribution in [-0.2, 0) is 14.8 Å². The van der Waals surface area contributed by atoms with E-state index in [1.807, 2.05) is 6.92 Å². The van der Waals surface area contributed by atoms with Gasteiger partial charge in [0, 0.05) is 6.07 Å². The number of hydrogen-bond donors (Lipinski definition) is 1. The van der Waals surface area contributed by atoms with Crippen molar-refractivity contribution in [3.8, 4) is 11.5 Å². The fourth-order valence-corrected chi connectivity index (χ4v) is 3.00. The Bertz CT molecular complexity index is 616. The van der Waals surface area contributed by atoms with Crippen LogP contribution in [0, 0.1) is 0 Å². The molecule has 1 N–H and O–H groups in total. The standard InChI is InChI=1S/C14H21NO5S2/c1-5-19-12-8-7-11(9-13(12)20-6-2)22(17,18)15-14(16)10(3)21-4/h7-10H,5-6H2,1-4H3,(H,15,16). The first-order chi connectivity index (χ1) is 10.4. The van der Waals surface area contributed by atoms with Crippen LogP contribution in [0.3, 0.4) is 0 Å². The Hall–Kier alpha value is -1.41. The normalized spacial score (nSPS) is 12.5. The summed E-state index contributed by atoms with van der Waals surface area (Å²) in [6.07, 6.45) is 1.74. The molecule has 1 unspecified atom stereocenters. The second-order valence-corrected chi connectivity index (χ2v) is 7.18. The molecule has 0 saturated carbocycles. The topological polar surface area (TPSA) is 81.7 Å². The summed E-state index contributed by atoms with van der Waals surface area (Å²) in [6.45, 7) is 6.07. The van der Waals surface area contributed by atoms with Gasteiger partial charge in [-0.3, -0.25) is 4.79 Å². The first-order valence-electron chi connectivity index (χ1n) is 6.84. The molecule has 1 rings (SSSR count). The van der Waals surface area contributed by atoms with Crippen LogP contribution in [0.15, 0.2) is 23.1 Å². The van der Waals surface area contributed by atoms with Gasteiger partial charge in [-0.15, -0.1) is 0 Å². The predicted octanol–water partition coefficient (Wildman–Crippen LogP) is 2.04. The number of carbonyl (C=O) groups excluding carboxylic acids is 1. The Morgan fingerprint density at radius 2 is 1.82 bits per heavy atom. The van der Waals surface area contributed by atoms with Gasteiger partial charge in [-0.25, -0.2) is 13.1 Å². The summed E-state index contributed by atoms with van der Waals surface area (Å²) < 4.78 is 37.3. The zero-order valence-corrected chi connectivity index (χ0v) is 14.7. The third-order valence-corrected chi connectivity index (χ3v) is 5.05. The van der Waals surface area contributed by atoms with Gasteiger partial charge in [0.2, 0.25) is 5.91 Å². The first kappa shape index (κ1) is 18.6. The van der Waals surface area contributed by atoms with E-state index in [0.29, 0.717) is 24.7 Å². The highest BCUT2D eigenvalue weighted by Crippen LogP contribution is 2.30. The summed E-state index contributed by atoms with van der Waals surface area (Å²) in [4.78, 5) is 11.7. The van der Waals surface area contributed by atoms with E-state index >= 15 is 0 Å². The Balaban J connectivity index is 3.09. The molecular formula is C14H21NO5S2. The SMILES string of the molecule is CCOc1ccc(S(=O)(=O)NC(=O)C(C)SC)cc1OCC. The Kier molecular flexibility index (Phi) is 7.02. The lowest BCUT2D eigenvalue weighted by Crippen LogP contribution is -2.35. The molecule has 0 aliphatic carbocycles. The van der Waals surface area contributed by atoms with E-state index in [1.54, 1.807) is 20.1 Å². The molecule has 0 heterocycles. The smallest absolute Gasteiger partial charge is 0.264 e. The van der Waals surface area contributed by atoms with Crippen LogP contribution in [0.25, 0.3) is 0 Å². The highest BCUT2D eigenvalue weighted by molar-refractivity contribution is 8.00. The molecule has 0 bridgehead atoms. The lowest BCUT2D eigenvalue weighted by atomic mass is 10.3. The van der Waals surface area contributed by atoms with Crippen LogP contribution in [-0.4, -0.2) is 39.0 Å². The van der Waals surface area contributed by atoms with Crippen molar-refractivity contribution in [2.24, 2.45) is 0 Å². The van der Waals surface area contributed by atoms with E-state index in [2.05, 4.69) is 4.72 Å². The van der Waals surface area contributed by atoms with Crippen molar-refractivity contribution in [1.29, 1.82) is 0 Å². The molecule has 6 nitrogen and oxygen atoms in total. The van der Waals surface area contributed by atoms with Gasteiger partial charge in [0.15, 0.2) is 11.5 Å². The maximum absolute atomic E-state index is 12.3. The molecule has 1 aromatic rings. The van der Waals surface area contributed by atoms with E-state index in [4.69, 9.17) is 9.47 Å². The van der Waals surface area contributed by atoms with Crippen LogP contribution in [0.1, 0.15) is 20.8 Å². The molecule has 0 aliphatic heterocycles. The van der Waals surface area contributed by atoms with Crippen molar-refractivity contribution >= 4 is 27.7 Å². The molecular weight excluding hydrogens is 326 g/mol. The zero-order chi connectivity index (χ0) is 16.8. The molecule has 0 fully saturated rings. The number of nitrogens with one attached hydrogen (secondary N) is 1. The number of benzene rings is 1. The quantitative estimate of drug-likeness (QED) is 0.775. The zero-order valence-electron chi connectivity index (χ0n) is 13.1. The van der Waals surface area contributed by atoms with Gasteiger partial charge in [-0.05, 0) is 39.2 Å². The number of hydrogen-bond acceptors (Lipinski definition) is 6. The minimum Gasteiger partial charge on any atom is -0.490 e. The Morgan fingerprint density at radius 1 is 1.23 bits per heavy atom. The largest absolute Gasteiger partial charge is 0.490 e. The second kappa shape index (κ2) is 8.28. The van der Waals surface area contributed by atoms with Gasteiger partial charge in [-0.2, -0.15) is 11.8 Å². The lowest BCUT2D eigenvalue weighted by Gasteiger charge is -2.14. The monoisotopic (exact) mass is 347 g/mol. The second-order valence-electron chi connectivity index (χ2n) is 4.32. The minimum atomic E-state index is -3.94. The third-order valence-electron chi connectivity index (χ3n) is 2.78. The summed E-state index contributed by atoms with van der Waals surface area (Å²) in [5, 5.41) is -0.455. The number of thioether (sulfide) groups is 1. The molecule has 0 radical (unpaired) electrons. The average molecular weight is 347 g/mol. The fraction of sp³-hybridized carbons (Fsp3) is 0.500. The molecule has 8 heteroatoms. The Labute approximate surface area is 135 Å². The minimum absolute atomic E-state index is 0.0407. The van der Waals surface area contributed by atoms with Crippen LogP contribution < -0.4 is 14.2 Å². The van der Waals surface area contributed by atoms with Crippen molar-refractivity contribution in [2.45, 2.75) is 30.9 Å². The summed E-state index contributed by atoms with van der Waals surface area (Å²) in [5.74, 6) is 0.240. The molecule has 0 aromatic heterocycles. The van der Waals surface area contributed by atoms with Crippen molar-refractivity contribution in [1.82, 2.24) is 4.72 Å². The van der Waals surface area contributed by atoms with Crippen LogP contribution in [0.2, 0.25) is 0 Å². The number of carbonyl (C=O) groups is 1. The highest BCUT2D eigenvalue weighted by atomic mass is 32.2. The maximum Gasteiger partial charge on any atom is 0.264 e. The lowest BCUT2D eigenvalue weighted by molar-refractivity contribution is -0.118. The van der Waals surface area contributed by atoms with E-state index in [1.165, 1.54) is 30.0 Å². The number of amides is 1. The number of ether oxygens (including phenoxy) is 2. The highest BCUT2D eigenvalue weighted by Gasteiger charge is 2.22. The summed E-state index contributed by atoms with van der Waals surface area (Å²) in [7, 11) is -3.94. The average Bonchev–Trinajstić information content (AvgIpc) is 2.48. The van der Waals surface area contributed by atoms with Crippen molar-refractivity contribution in [3.05, 3.63) is 18.2 Å². The number of sulfonamides is 1. The van der Waals surface area contributed by atoms with Crippen molar-refractivity contribution in [2.75, 3.05) is 19.5 Å². The van der Waals surface area contributed by atoms with Gasteiger partial charge < -0.3 is 9.47 Å². The van der Waals surface area contributed by atoms with E-state index in [9.17, 15) is 13.2 Å². The Morgan fingerprint density at radius 3 is 2.36 bits per heavy atom. The first-order valence-corrected chi connectivity index (χ1v) is 9.61. The molecule has 0 spiro atoms. The van der Waals surface area contributed by atoms with Crippen molar-refractivity contribution in [3.63, 3.8) is 0 Å². The van der Waals surface area contributed by atoms with Crippen molar-refractivity contribution < 1.29 is 22.7 Å². The summed E-state index contributed by atoms with van der Waals surface area (Å²) in [5.41, 5.74) is 0. The fourth-order valence-electron chi connectivity index (χ4n) is 1.58. The van der Waals surface area contributed by atoms with E-state index in [0.717, 1.165) is 0 Å². The van der Waals surface area contributed by atoms with E-state index < -0.39 is 21.2 Å².